The number of aryl methyl sites for hydroxylation is 2. The summed E-state index contributed by atoms with van der Waals surface area (Å²) >= 11 is 6.18. The minimum absolute atomic E-state index is 0.829. The maximum atomic E-state index is 6.18. The van der Waals surface area contributed by atoms with Crippen LogP contribution in [0.15, 0.2) is 24.4 Å². The molecule has 2 aromatic rings. The number of nitrogens with zero attached hydrogens (tertiary/aromatic N) is 2. The molecule has 0 unspecified atom stereocenters. The number of benzene rings is 1. The number of aromatic nitrogens is 1. The van der Waals surface area contributed by atoms with Gasteiger partial charge in [-0.3, -0.25) is 0 Å². The largest absolute Gasteiger partial charge is 0.347 e. The Balaban J connectivity index is 1.69. The van der Waals surface area contributed by atoms with Crippen molar-refractivity contribution < 1.29 is 0 Å². The highest BCUT2D eigenvalue weighted by Gasteiger charge is 2.11. The molecule has 1 aromatic carbocycles. The third-order valence-electron chi connectivity index (χ3n) is 4.52. The minimum Gasteiger partial charge on any atom is -0.347 e. The van der Waals surface area contributed by atoms with Gasteiger partial charge in [-0.15, -0.1) is 0 Å². The standard InChI is InChI=1S/C18H26ClN3/c1-2-9-22-14-15(17-6-5-16(19)13-18(17)22)4-3-10-21-11-7-20-8-12-21/h5-6,13-14,20H,2-4,7-12H2,1H3. The summed E-state index contributed by atoms with van der Waals surface area (Å²) in [5.74, 6) is 0. The van der Waals surface area contributed by atoms with Gasteiger partial charge in [0.15, 0.2) is 0 Å². The lowest BCUT2D eigenvalue weighted by atomic mass is 10.1. The third-order valence-corrected chi connectivity index (χ3v) is 4.76. The predicted octanol–water partition coefficient (Wildman–Crippen LogP) is 3.54. The van der Waals surface area contributed by atoms with Crippen LogP contribution in [0.25, 0.3) is 10.9 Å². The molecule has 120 valence electrons. The lowest BCUT2D eigenvalue weighted by Gasteiger charge is -2.26. The van der Waals surface area contributed by atoms with Crippen LogP contribution in [-0.2, 0) is 13.0 Å². The van der Waals surface area contributed by atoms with Gasteiger partial charge in [0.1, 0.15) is 0 Å². The first-order valence-electron chi connectivity index (χ1n) is 8.48. The molecule has 0 saturated carbocycles. The molecule has 3 rings (SSSR count). The number of fused-ring (bicyclic) bond motifs is 1. The normalized spacial score (nSPS) is 16.5. The molecule has 1 saturated heterocycles. The van der Waals surface area contributed by atoms with Crippen molar-refractivity contribution in [2.75, 3.05) is 32.7 Å². The van der Waals surface area contributed by atoms with Gasteiger partial charge < -0.3 is 14.8 Å². The highest BCUT2D eigenvalue weighted by atomic mass is 35.5. The second-order valence-corrected chi connectivity index (χ2v) is 6.64. The smallest absolute Gasteiger partial charge is 0.0498 e. The van der Waals surface area contributed by atoms with Gasteiger partial charge in [0.05, 0.1) is 0 Å². The fourth-order valence-corrected chi connectivity index (χ4v) is 3.56. The molecule has 1 fully saturated rings. The van der Waals surface area contributed by atoms with Gasteiger partial charge in [-0.2, -0.15) is 0 Å². The van der Waals surface area contributed by atoms with Crippen LogP contribution in [0.4, 0.5) is 0 Å². The molecule has 2 heterocycles. The van der Waals surface area contributed by atoms with Gasteiger partial charge >= 0.3 is 0 Å². The lowest BCUT2D eigenvalue weighted by molar-refractivity contribution is 0.238. The van der Waals surface area contributed by atoms with E-state index < -0.39 is 0 Å². The molecule has 0 atom stereocenters. The van der Waals surface area contributed by atoms with Crippen LogP contribution < -0.4 is 5.32 Å². The topological polar surface area (TPSA) is 20.2 Å². The first kappa shape index (κ1) is 15.9. The maximum absolute atomic E-state index is 6.18. The SMILES string of the molecule is CCCn1cc(CCCN2CCNCC2)c2ccc(Cl)cc21. The minimum atomic E-state index is 0.829. The molecule has 0 aliphatic carbocycles. The van der Waals surface area contributed by atoms with Crippen molar-refractivity contribution in [3.05, 3.63) is 35.0 Å². The Bertz CT molecular complexity index is 614. The zero-order valence-electron chi connectivity index (χ0n) is 13.4. The summed E-state index contributed by atoms with van der Waals surface area (Å²) in [6.45, 7) is 9.13. The van der Waals surface area contributed by atoms with E-state index in [-0.39, 0.29) is 0 Å². The third kappa shape index (κ3) is 3.65. The van der Waals surface area contributed by atoms with Crippen LogP contribution in [0.1, 0.15) is 25.3 Å². The van der Waals surface area contributed by atoms with Crippen LogP contribution in [0.2, 0.25) is 5.02 Å². The van der Waals surface area contributed by atoms with E-state index in [1.54, 1.807) is 0 Å². The molecule has 0 bridgehead atoms. The fraction of sp³-hybridized carbons (Fsp3) is 0.556. The highest BCUT2D eigenvalue weighted by Crippen LogP contribution is 2.26. The van der Waals surface area contributed by atoms with Gasteiger partial charge in [0.2, 0.25) is 0 Å². The van der Waals surface area contributed by atoms with Crippen LogP contribution in [0.5, 0.6) is 0 Å². The summed E-state index contributed by atoms with van der Waals surface area (Å²) < 4.78 is 2.36. The number of hydrogen-bond acceptors (Lipinski definition) is 2. The molecular formula is C18H26ClN3. The Labute approximate surface area is 138 Å². The first-order valence-corrected chi connectivity index (χ1v) is 8.86. The van der Waals surface area contributed by atoms with Gasteiger partial charge in [0.25, 0.3) is 0 Å². The molecule has 0 radical (unpaired) electrons. The van der Waals surface area contributed by atoms with Crippen molar-refractivity contribution in [1.29, 1.82) is 0 Å². The van der Waals surface area contributed by atoms with Gasteiger partial charge in [-0.1, -0.05) is 24.6 Å². The summed E-state index contributed by atoms with van der Waals surface area (Å²) in [5, 5.41) is 5.61. The fourth-order valence-electron chi connectivity index (χ4n) is 3.39. The maximum Gasteiger partial charge on any atom is 0.0498 e. The molecule has 4 heteroatoms. The van der Waals surface area contributed by atoms with Crippen molar-refractivity contribution in [2.24, 2.45) is 0 Å². The average Bonchev–Trinajstić information content (AvgIpc) is 2.86. The summed E-state index contributed by atoms with van der Waals surface area (Å²) in [5.41, 5.74) is 2.75. The van der Waals surface area contributed by atoms with E-state index in [1.807, 2.05) is 6.07 Å². The molecule has 0 amide bonds. The molecule has 1 aliphatic heterocycles. The van der Waals surface area contributed by atoms with Crippen molar-refractivity contribution in [1.82, 2.24) is 14.8 Å². The average molecular weight is 320 g/mol. The van der Waals surface area contributed by atoms with Crippen molar-refractivity contribution in [3.63, 3.8) is 0 Å². The van der Waals surface area contributed by atoms with E-state index >= 15 is 0 Å². The van der Waals surface area contributed by atoms with E-state index in [9.17, 15) is 0 Å². The predicted molar refractivity (Wildman–Crippen MR) is 94.9 cm³/mol. The number of piperazine rings is 1. The van der Waals surface area contributed by atoms with E-state index in [0.29, 0.717) is 0 Å². The van der Waals surface area contributed by atoms with Crippen LogP contribution >= 0.6 is 11.6 Å². The number of rotatable bonds is 6. The molecule has 1 aromatic heterocycles. The van der Waals surface area contributed by atoms with E-state index in [0.717, 1.165) is 37.5 Å². The molecule has 0 spiro atoms. The molecule has 1 aliphatic rings. The Morgan fingerprint density at radius 3 is 2.77 bits per heavy atom. The highest BCUT2D eigenvalue weighted by molar-refractivity contribution is 6.31. The second-order valence-electron chi connectivity index (χ2n) is 6.20. The Morgan fingerprint density at radius 2 is 2.00 bits per heavy atom. The summed E-state index contributed by atoms with van der Waals surface area (Å²) in [6, 6.07) is 6.30. The monoisotopic (exact) mass is 319 g/mol. The van der Waals surface area contributed by atoms with E-state index in [2.05, 4.69) is 40.0 Å². The van der Waals surface area contributed by atoms with E-state index in [4.69, 9.17) is 11.6 Å². The van der Waals surface area contributed by atoms with Gasteiger partial charge in [-0.25, -0.2) is 0 Å². The second kappa shape index (κ2) is 7.49. The summed E-state index contributed by atoms with van der Waals surface area (Å²) in [6.07, 6.45) is 5.87. The van der Waals surface area contributed by atoms with Gasteiger partial charge in [-0.05, 0) is 43.5 Å². The summed E-state index contributed by atoms with van der Waals surface area (Å²) in [4.78, 5) is 2.57. The van der Waals surface area contributed by atoms with Crippen molar-refractivity contribution in [2.45, 2.75) is 32.7 Å². The molecule has 3 nitrogen and oxygen atoms in total. The Morgan fingerprint density at radius 1 is 1.18 bits per heavy atom. The zero-order chi connectivity index (χ0) is 15.4. The lowest BCUT2D eigenvalue weighted by Crippen LogP contribution is -2.43. The molecular weight excluding hydrogens is 294 g/mol. The number of nitrogens with one attached hydrogen (secondary N) is 1. The Hall–Kier alpha value is -1.03. The first-order chi connectivity index (χ1) is 10.8. The Kier molecular flexibility index (Phi) is 5.40. The van der Waals surface area contributed by atoms with Crippen LogP contribution in [0.3, 0.4) is 0 Å². The van der Waals surface area contributed by atoms with Crippen LogP contribution in [0, 0.1) is 0 Å². The molecule has 1 N–H and O–H groups in total. The quantitative estimate of drug-likeness (QED) is 0.878. The van der Waals surface area contributed by atoms with E-state index in [1.165, 1.54) is 42.5 Å². The number of hydrogen-bond donors (Lipinski definition) is 1. The zero-order valence-corrected chi connectivity index (χ0v) is 14.2. The number of halogens is 1. The van der Waals surface area contributed by atoms with Crippen LogP contribution in [-0.4, -0.2) is 42.2 Å². The van der Waals surface area contributed by atoms with Crippen molar-refractivity contribution >= 4 is 22.5 Å². The summed E-state index contributed by atoms with van der Waals surface area (Å²) in [7, 11) is 0. The van der Waals surface area contributed by atoms with Gasteiger partial charge in [0, 0.05) is 54.8 Å². The molecule has 22 heavy (non-hydrogen) atoms. The van der Waals surface area contributed by atoms with Crippen molar-refractivity contribution in [3.8, 4) is 0 Å².